The molecule has 1 aromatic carbocycles. The lowest BCUT2D eigenvalue weighted by atomic mass is 10.1. The van der Waals surface area contributed by atoms with Gasteiger partial charge in [-0.3, -0.25) is 0 Å². The van der Waals surface area contributed by atoms with Crippen LogP contribution in [0, 0.1) is 11.6 Å². The first kappa shape index (κ1) is 10.8. The molecule has 0 saturated carbocycles. The predicted octanol–water partition coefficient (Wildman–Crippen LogP) is 3.12. The van der Waals surface area contributed by atoms with Gasteiger partial charge in [-0.25, -0.2) is 13.8 Å². The van der Waals surface area contributed by atoms with E-state index in [0.717, 1.165) is 17.8 Å². The standard InChI is InChI=1S/C12H12F2N2/c1-3-7-6-10(15-2)11-8(13)4-5-9(14)12(11)16-7/h4-6H,3H2,1-2H3,(H,15,16). The van der Waals surface area contributed by atoms with Crippen molar-refractivity contribution in [3.8, 4) is 0 Å². The molecule has 0 radical (unpaired) electrons. The second-order valence-corrected chi connectivity index (χ2v) is 3.52. The first-order valence-electron chi connectivity index (χ1n) is 5.12. The largest absolute Gasteiger partial charge is 0.387 e. The summed E-state index contributed by atoms with van der Waals surface area (Å²) in [5, 5.41) is 3.07. The second kappa shape index (κ2) is 4.04. The molecule has 0 saturated heterocycles. The molecule has 0 amide bonds. The van der Waals surface area contributed by atoms with Crippen LogP contribution in [-0.2, 0) is 6.42 Å². The van der Waals surface area contributed by atoms with Gasteiger partial charge in [0.15, 0.2) is 0 Å². The number of pyridine rings is 1. The van der Waals surface area contributed by atoms with Crippen molar-refractivity contribution >= 4 is 16.6 Å². The van der Waals surface area contributed by atoms with Crippen molar-refractivity contribution in [2.24, 2.45) is 0 Å². The number of aromatic nitrogens is 1. The molecule has 2 aromatic rings. The Balaban J connectivity index is 2.88. The summed E-state index contributed by atoms with van der Waals surface area (Å²) in [7, 11) is 1.68. The van der Waals surface area contributed by atoms with E-state index in [2.05, 4.69) is 10.3 Å². The Hall–Kier alpha value is -1.71. The second-order valence-electron chi connectivity index (χ2n) is 3.52. The van der Waals surface area contributed by atoms with E-state index in [9.17, 15) is 8.78 Å². The Morgan fingerprint density at radius 3 is 2.56 bits per heavy atom. The average Bonchev–Trinajstić information content (AvgIpc) is 2.32. The number of aryl methyl sites for hydroxylation is 1. The number of benzene rings is 1. The average molecular weight is 222 g/mol. The van der Waals surface area contributed by atoms with Gasteiger partial charge in [-0.05, 0) is 24.6 Å². The number of nitrogens with one attached hydrogen (secondary N) is 1. The number of hydrogen-bond donors (Lipinski definition) is 1. The van der Waals surface area contributed by atoms with Crippen molar-refractivity contribution in [2.75, 3.05) is 12.4 Å². The maximum absolute atomic E-state index is 13.6. The van der Waals surface area contributed by atoms with Gasteiger partial charge in [0.1, 0.15) is 17.2 Å². The Morgan fingerprint density at radius 2 is 1.94 bits per heavy atom. The highest BCUT2D eigenvalue weighted by molar-refractivity contribution is 5.92. The van der Waals surface area contributed by atoms with Crippen molar-refractivity contribution in [2.45, 2.75) is 13.3 Å². The Kier molecular flexibility index (Phi) is 2.73. The summed E-state index contributed by atoms with van der Waals surface area (Å²) in [5.74, 6) is -0.959. The van der Waals surface area contributed by atoms with Gasteiger partial charge in [0, 0.05) is 18.4 Å². The van der Waals surface area contributed by atoms with E-state index in [-0.39, 0.29) is 10.9 Å². The lowest BCUT2D eigenvalue weighted by Crippen LogP contribution is -1.99. The first-order valence-corrected chi connectivity index (χ1v) is 5.12. The van der Waals surface area contributed by atoms with Crippen LogP contribution in [0.3, 0.4) is 0 Å². The fraction of sp³-hybridized carbons (Fsp3) is 0.250. The van der Waals surface area contributed by atoms with Crippen LogP contribution in [-0.4, -0.2) is 12.0 Å². The highest BCUT2D eigenvalue weighted by Crippen LogP contribution is 2.27. The van der Waals surface area contributed by atoms with E-state index in [1.807, 2.05) is 6.92 Å². The summed E-state index contributed by atoms with van der Waals surface area (Å²) in [4.78, 5) is 4.11. The molecule has 0 unspecified atom stereocenters. The van der Waals surface area contributed by atoms with Crippen LogP contribution < -0.4 is 5.32 Å². The number of anilines is 1. The molecule has 84 valence electrons. The van der Waals surface area contributed by atoms with Gasteiger partial charge in [0.25, 0.3) is 0 Å². The summed E-state index contributed by atoms with van der Waals surface area (Å²) >= 11 is 0. The van der Waals surface area contributed by atoms with Crippen LogP contribution in [0.5, 0.6) is 0 Å². The SMILES string of the molecule is CCc1cc(NC)c2c(F)ccc(F)c2n1. The third-order valence-corrected chi connectivity index (χ3v) is 2.55. The van der Waals surface area contributed by atoms with Crippen molar-refractivity contribution in [3.63, 3.8) is 0 Å². The fourth-order valence-corrected chi connectivity index (χ4v) is 1.70. The lowest BCUT2D eigenvalue weighted by Gasteiger charge is -2.09. The first-order chi connectivity index (χ1) is 7.67. The topological polar surface area (TPSA) is 24.9 Å². The molecule has 1 N–H and O–H groups in total. The summed E-state index contributed by atoms with van der Waals surface area (Å²) in [5.41, 5.74) is 1.39. The summed E-state index contributed by atoms with van der Waals surface area (Å²) in [6.45, 7) is 1.92. The van der Waals surface area contributed by atoms with Crippen LogP contribution in [0.1, 0.15) is 12.6 Å². The van der Waals surface area contributed by atoms with Crippen molar-refractivity contribution in [3.05, 3.63) is 35.5 Å². The van der Waals surface area contributed by atoms with E-state index in [1.165, 1.54) is 0 Å². The van der Waals surface area contributed by atoms with Gasteiger partial charge in [-0.1, -0.05) is 6.92 Å². The number of nitrogens with zero attached hydrogens (tertiary/aromatic N) is 1. The minimum atomic E-state index is -0.497. The smallest absolute Gasteiger partial charge is 0.149 e. The summed E-state index contributed by atoms with van der Waals surface area (Å²) in [6, 6.07) is 3.96. The summed E-state index contributed by atoms with van der Waals surface area (Å²) in [6.07, 6.45) is 0.681. The molecule has 2 rings (SSSR count). The van der Waals surface area contributed by atoms with Gasteiger partial charge < -0.3 is 5.32 Å². The molecule has 16 heavy (non-hydrogen) atoms. The number of halogens is 2. The van der Waals surface area contributed by atoms with Crippen molar-refractivity contribution in [1.29, 1.82) is 0 Å². The van der Waals surface area contributed by atoms with Crippen LogP contribution in [0.25, 0.3) is 10.9 Å². The molecule has 0 aliphatic heterocycles. The summed E-state index contributed by atoms with van der Waals surface area (Å²) < 4.78 is 27.1. The minimum Gasteiger partial charge on any atom is -0.387 e. The van der Waals surface area contributed by atoms with E-state index in [0.29, 0.717) is 12.1 Å². The molecule has 0 fully saturated rings. The molecule has 1 heterocycles. The highest BCUT2D eigenvalue weighted by Gasteiger charge is 2.12. The highest BCUT2D eigenvalue weighted by atomic mass is 19.1. The van der Waals surface area contributed by atoms with Gasteiger partial charge in [0.05, 0.1) is 5.39 Å². The number of fused-ring (bicyclic) bond motifs is 1. The zero-order valence-corrected chi connectivity index (χ0v) is 9.14. The fourth-order valence-electron chi connectivity index (χ4n) is 1.70. The molecular formula is C12H12F2N2. The molecule has 0 atom stereocenters. The van der Waals surface area contributed by atoms with E-state index in [1.54, 1.807) is 13.1 Å². The molecule has 0 aliphatic carbocycles. The van der Waals surface area contributed by atoms with E-state index < -0.39 is 11.6 Å². The zero-order chi connectivity index (χ0) is 11.7. The van der Waals surface area contributed by atoms with Gasteiger partial charge in [-0.2, -0.15) is 0 Å². The van der Waals surface area contributed by atoms with Crippen molar-refractivity contribution < 1.29 is 8.78 Å². The van der Waals surface area contributed by atoms with Gasteiger partial charge in [0.2, 0.25) is 0 Å². The molecule has 0 aliphatic rings. The molecule has 2 nitrogen and oxygen atoms in total. The van der Waals surface area contributed by atoms with Crippen LogP contribution in [0.15, 0.2) is 18.2 Å². The van der Waals surface area contributed by atoms with Crippen LogP contribution >= 0.6 is 0 Å². The monoisotopic (exact) mass is 222 g/mol. The van der Waals surface area contributed by atoms with Gasteiger partial charge in [-0.15, -0.1) is 0 Å². The maximum atomic E-state index is 13.6. The third kappa shape index (κ3) is 1.60. The lowest BCUT2D eigenvalue weighted by molar-refractivity contribution is 0.615. The Labute approximate surface area is 92.3 Å². The normalized spacial score (nSPS) is 10.8. The zero-order valence-electron chi connectivity index (χ0n) is 9.14. The third-order valence-electron chi connectivity index (χ3n) is 2.55. The Bertz CT molecular complexity index is 538. The quantitative estimate of drug-likeness (QED) is 0.844. The predicted molar refractivity (Wildman–Crippen MR) is 60.6 cm³/mol. The van der Waals surface area contributed by atoms with Crippen LogP contribution in [0.2, 0.25) is 0 Å². The number of rotatable bonds is 2. The van der Waals surface area contributed by atoms with Crippen molar-refractivity contribution in [1.82, 2.24) is 4.98 Å². The molecule has 4 heteroatoms. The van der Waals surface area contributed by atoms with Crippen LogP contribution in [0.4, 0.5) is 14.5 Å². The van der Waals surface area contributed by atoms with E-state index >= 15 is 0 Å². The maximum Gasteiger partial charge on any atom is 0.149 e. The molecular weight excluding hydrogens is 210 g/mol. The Morgan fingerprint density at radius 1 is 1.25 bits per heavy atom. The molecule has 1 aromatic heterocycles. The van der Waals surface area contributed by atoms with Gasteiger partial charge >= 0.3 is 0 Å². The number of hydrogen-bond acceptors (Lipinski definition) is 2. The molecule has 0 bridgehead atoms. The molecule has 0 spiro atoms. The van der Waals surface area contributed by atoms with E-state index in [4.69, 9.17) is 0 Å². The minimum absolute atomic E-state index is 0.0868.